The van der Waals surface area contributed by atoms with Gasteiger partial charge < -0.3 is 20.7 Å². The van der Waals surface area contributed by atoms with Crippen molar-refractivity contribution in [1.29, 1.82) is 0 Å². The van der Waals surface area contributed by atoms with Gasteiger partial charge in [0.05, 0.1) is 12.0 Å². The number of carbonyl (C=O) groups is 1. The number of benzene rings is 1. The molecule has 0 bridgehead atoms. The number of nitrogens with zero attached hydrogens (tertiary/aromatic N) is 2. The number of anilines is 1. The number of aromatic nitrogens is 2. The molecular formula is C12H13BrN4O2. The van der Waals surface area contributed by atoms with Gasteiger partial charge in [0, 0.05) is 23.8 Å². The number of hydrogen-bond donors (Lipinski definition) is 3. The summed E-state index contributed by atoms with van der Waals surface area (Å²) in [5.74, 6) is -0.387. The minimum Gasteiger partial charge on any atom is -0.506 e. The van der Waals surface area contributed by atoms with E-state index in [1.165, 1.54) is 6.07 Å². The van der Waals surface area contributed by atoms with Crippen LogP contribution in [-0.4, -0.2) is 27.1 Å². The zero-order chi connectivity index (χ0) is 13.8. The molecular weight excluding hydrogens is 312 g/mol. The number of phenols is 1. The quantitative estimate of drug-likeness (QED) is 0.744. The van der Waals surface area contributed by atoms with Crippen LogP contribution in [0.25, 0.3) is 0 Å². The average Bonchev–Trinajstić information content (AvgIpc) is 2.83. The van der Waals surface area contributed by atoms with Crippen molar-refractivity contribution < 1.29 is 9.90 Å². The summed E-state index contributed by atoms with van der Waals surface area (Å²) < 4.78 is 2.49. The summed E-state index contributed by atoms with van der Waals surface area (Å²) in [5, 5.41) is 12.2. The number of halogens is 1. The third kappa shape index (κ3) is 3.33. The highest BCUT2D eigenvalue weighted by molar-refractivity contribution is 9.10. The molecule has 0 aliphatic heterocycles. The molecule has 0 aliphatic carbocycles. The summed E-state index contributed by atoms with van der Waals surface area (Å²) in [6.07, 6.45) is 3.15. The topological polar surface area (TPSA) is 93.2 Å². The van der Waals surface area contributed by atoms with Crippen LogP contribution < -0.4 is 11.1 Å². The molecule has 0 saturated heterocycles. The van der Waals surface area contributed by atoms with Gasteiger partial charge in [-0.15, -0.1) is 0 Å². The van der Waals surface area contributed by atoms with Gasteiger partial charge in [-0.3, -0.25) is 4.79 Å². The Hall–Kier alpha value is -1.86. The number of nitrogens with one attached hydrogen (secondary N) is 1. The SMILES string of the molecule is NCCn1cnc(C(=O)Nc2cc(Br)ccc2O)c1. The molecule has 2 aromatic rings. The first kappa shape index (κ1) is 13.6. The normalized spacial score (nSPS) is 10.4. The predicted octanol–water partition coefficient (Wildman–Crippen LogP) is 1.56. The zero-order valence-corrected chi connectivity index (χ0v) is 11.6. The maximum absolute atomic E-state index is 12.0. The Kier molecular flexibility index (Phi) is 4.18. The Morgan fingerprint density at radius 2 is 2.32 bits per heavy atom. The molecule has 0 spiro atoms. The number of imidazole rings is 1. The van der Waals surface area contributed by atoms with Crippen molar-refractivity contribution in [3.8, 4) is 5.75 Å². The van der Waals surface area contributed by atoms with Gasteiger partial charge in [-0.05, 0) is 18.2 Å². The lowest BCUT2D eigenvalue weighted by atomic mass is 10.3. The van der Waals surface area contributed by atoms with E-state index in [-0.39, 0.29) is 17.4 Å². The minimum atomic E-state index is -0.385. The van der Waals surface area contributed by atoms with Crippen LogP contribution >= 0.6 is 15.9 Å². The summed E-state index contributed by atoms with van der Waals surface area (Å²) in [5.41, 5.74) is 6.02. The Balaban J connectivity index is 2.13. The first-order valence-electron chi connectivity index (χ1n) is 5.62. The fourth-order valence-corrected chi connectivity index (χ4v) is 1.90. The van der Waals surface area contributed by atoms with Crippen molar-refractivity contribution in [2.75, 3.05) is 11.9 Å². The number of aromatic hydroxyl groups is 1. The van der Waals surface area contributed by atoms with E-state index < -0.39 is 0 Å². The van der Waals surface area contributed by atoms with E-state index in [1.54, 1.807) is 29.2 Å². The summed E-state index contributed by atoms with van der Waals surface area (Å²) >= 11 is 3.27. The first-order chi connectivity index (χ1) is 9.10. The maximum Gasteiger partial charge on any atom is 0.275 e. The van der Waals surface area contributed by atoms with E-state index in [4.69, 9.17) is 5.73 Å². The van der Waals surface area contributed by atoms with Crippen LogP contribution in [0.15, 0.2) is 35.2 Å². The summed E-state index contributed by atoms with van der Waals surface area (Å²) in [7, 11) is 0. The predicted molar refractivity (Wildman–Crippen MR) is 75.0 cm³/mol. The minimum absolute atomic E-state index is 0.00191. The van der Waals surface area contributed by atoms with Gasteiger partial charge in [-0.25, -0.2) is 4.98 Å². The Morgan fingerprint density at radius 1 is 1.53 bits per heavy atom. The second kappa shape index (κ2) is 5.85. The smallest absolute Gasteiger partial charge is 0.275 e. The molecule has 1 amide bonds. The Bertz CT molecular complexity index is 597. The van der Waals surface area contributed by atoms with Gasteiger partial charge in [0.15, 0.2) is 0 Å². The van der Waals surface area contributed by atoms with E-state index >= 15 is 0 Å². The first-order valence-corrected chi connectivity index (χ1v) is 6.41. The molecule has 1 heterocycles. The van der Waals surface area contributed by atoms with Crippen LogP contribution in [0.2, 0.25) is 0 Å². The fourth-order valence-electron chi connectivity index (χ4n) is 1.54. The van der Waals surface area contributed by atoms with Gasteiger partial charge in [0.25, 0.3) is 5.91 Å². The third-order valence-electron chi connectivity index (χ3n) is 2.46. The molecule has 4 N–H and O–H groups in total. The standard InChI is InChI=1S/C12H13BrN4O2/c13-8-1-2-11(18)9(5-8)16-12(19)10-6-17(4-3-14)7-15-10/h1-2,5-7,18H,3-4,14H2,(H,16,19). The highest BCUT2D eigenvalue weighted by Gasteiger charge is 2.12. The van der Waals surface area contributed by atoms with Crippen molar-refractivity contribution in [2.45, 2.75) is 6.54 Å². The second-order valence-electron chi connectivity index (χ2n) is 3.90. The molecule has 2 rings (SSSR count). The van der Waals surface area contributed by atoms with Gasteiger partial charge >= 0.3 is 0 Å². The molecule has 19 heavy (non-hydrogen) atoms. The molecule has 1 aromatic carbocycles. The zero-order valence-electron chi connectivity index (χ0n) is 10.0. The van der Waals surface area contributed by atoms with Crippen molar-refractivity contribution in [3.05, 3.63) is 40.9 Å². The van der Waals surface area contributed by atoms with E-state index in [1.807, 2.05) is 0 Å². The molecule has 0 fully saturated rings. The molecule has 7 heteroatoms. The molecule has 0 atom stereocenters. The van der Waals surface area contributed by atoms with Gasteiger partial charge in [0.2, 0.25) is 0 Å². The molecule has 0 aliphatic rings. The number of carbonyl (C=O) groups excluding carboxylic acids is 1. The van der Waals surface area contributed by atoms with Gasteiger partial charge in [-0.2, -0.15) is 0 Å². The largest absolute Gasteiger partial charge is 0.506 e. The lowest BCUT2D eigenvalue weighted by Crippen LogP contribution is -2.13. The third-order valence-corrected chi connectivity index (χ3v) is 2.95. The van der Waals surface area contributed by atoms with Crippen LogP contribution in [0.4, 0.5) is 5.69 Å². The lowest BCUT2D eigenvalue weighted by Gasteiger charge is -2.06. The fraction of sp³-hybridized carbons (Fsp3) is 0.167. The molecule has 1 aromatic heterocycles. The maximum atomic E-state index is 12.0. The van der Waals surface area contributed by atoms with Crippen molar-refractivity contribution in [3.63, 3.8) is 0 Å². The van der Waals surface area contributed by atoms with E-state index in [2.05, 4.69) is 26.2 Å². The number of hydrogen-bond acceptors (Lipinski definition) is 4. The average molecular weight is 325 g/mol. The van der Waals surface area contributed by atoms with Gasteiger partial charge in [0.1, 0.15) is 11.4 Å². The van der Waals surface area contributed by atoms with Crippen LogP contribution in [0.1, 0.15) is 10.5 Å². The van der Waals surface area contributed by atoms with Crippen LogP contribution in [0.3, 0.4) is 0 Å². The van der Waals surface area contributed by atoms with Crippen molar-refractivity contribution in [1.82, 2.24) is 9.55 Å². The lowest BCUT2D eigenvalue weighted by molar-refractivity contribution is 0.102. The van der Waals surface area contributed by atoms with E-state index in [9.17, 15) is 9.90 Å². The number of amides is 1. The second-order valence-corrected chi connectivity index (χ2v) is 4.82. The van der Waals surface area contributed by atoms with Crippen molar-refractivity contribution in [2.24, 2.45) is 5.73 Å². The van der Waals surface area contributed by atoms with Gasteiger partial charge in [-0.1, -0.05) is 15.9 Å². The van der Waals surface area contributed by atoms with E-state index in [0.717, 1.165) is 4.47 Å². The number of nitrogens with two attached hydrogens (primary N) is 1. The molecule has 6 nitrogen and oxygen atoms in total. The summed E-state index contributed by atoms with van der Waals surface area (Å²) in [4.78, 5) is 15.9. The molecule has 0 radical (unpaired) electrons. The molecule has 0 saturated carbocycles. The van der Waals surface area contributed by atoms with E-state index in [0.29, 0.717) is 18.8 Å². The molecule has 100 valence electrons. The monoisotopic (exact) mass is 324 g/mol. The highest BCUT2D eigenvalue weighted by Crippen LogP contribution is 2.27. The number of rotatable bonds is 4. The Labute approximate surface area is 118 Å². The van der Waals surface area contributed by atoms with Crippen LogP contribution in [-0.2, 0) is 6.54 Å². The Morgan fingerprint density at radius 3 is 3.05 bits per heavy atom. The van der Waals surface area contributed by atoms with Crippen molar-refractivity contribution >= 4 is 27.5 Å². The molecule has 0 unspecified atom stereocenters. The summed E-state index contributed by atoms with van der Waals surface area (Å²) in [6.45, 7) is 1.08. The highest BCUT2D eigenvalue weighted by atomic mass is 79.9. The van der Waals surface area contributed by atoms with Crippen LogP contribution in [0.5, 0.6) is 5.75 Å². The summed E-state index contributed by atoms with van der Waals surface area (Å²) in [6, 6.07) is 4.79. The van der Waals surface area contributed by atoms with Crippen LogP contribution in [0, 0.1) is 0 Å². The number of phenolic OH excluding ortho intramolecular Hbond substituents is 1.